The van der Waals surface area contributed by atoms with E-state index in [9.17, 15) is 0 Å². The second kappa shape index (κ2) is 5.23. The number of benzene rings is 2. The molecule has 0 radical (unpaired) electrons. The average molecular weight is 241 g/mol. The molecule has 0 aliphatic rings. The minimum Gasteiger partial charge on any atom is -0.457 e. The van der Waals surface area contributed by atoms with Crippen LogP contribution in [0.2, 0.25) is 0 Å². The van der Waals surface area contributed by atoms with Crippen molar-refractivity contribution in [2.75, 3.05) is 0 Å². The van der Waals surface area contributed by atoms with Crippen LogP contribution in [-0.4, -0.2) is 0 Å². The van der Waals surface area contributed by atoms with E-state index in [1.807, 2.05) is 43.3 Å². The first-order valence-corrected chi connectivity index (χ1v) is 6.17. The van der Waals surface area contributed by atoms with Crippen molar-refractivity contribution < 1.29 is 4.74 Å². The molecule has 0 aliphatic carbocycles. The number of rotatable bonds is 3. The van der Waals surface area contributed by atoms with E-state index in [2.05, 4.69) is 19.9 Å². The molecule has 2 N–H and O–H groups in total. The van der Waals surface area contributed by atoms with Gasteiger partial charge in [-0.3, -0.25) is 0 Å². The minimum atomic E-state index is -0.0345. The van der Waals surface area contributed by atoms with E-state index in [0.717, 1.165) is 17.1 Å². The monoisotopic (exact) mass is 241 g/mol. The lowest BCUT2D eigenvalue weighted by molar-refractivity contribution is 0.471. The van der Waals surface area contributed by atoms with Crippen LogP contribution < -0.4 is 10.5 Å². The van der Waals surface area contributed by atoms with Gasteiger partial charge < -0.3 is 10.5 Å². The number of nitrogens with two attached hydrogens (primary N) is 1. The molecule has 0 saturated carbocycles. The van der Waals surface area contributed by atoms with Gasteiger partial charge in [0.05, 0.1) is 0 Å². The Labute approximate surface area is 108 Å². The molecule has 1 atom stereocenters. The van der Waals surface area contributed by atoms with Crippen LogP contribution in [0.4, 0.5) is 0 Å². The van der Waals surface area contributed by atoms with Crippen LogP contribution in [0, 0.1) is 13.8 Å². The summed E-state index contributed by atoms with van der Waals surface area (Å²) in [4.78, 5) is 0. The molecule has 2 aromatic rings. The number of para-hydroxylation sites is 1. The summed E-state index contributed by atoms with van der Waals surface area (Å²) in [5.74, 6) is 1.68. The Hall–Kier alpha value is -1.80. The van der Waals surface area contributed by atoms with Crippen LogP contribution in [0.1, 0.15) is 29.7 Å². The molecule has 94 valence electrons. The molecule has 0 fully saturated rings. The highest BCUT2D eigenvalue weighted by atomic mass is 16.5. The third kappa shape index (κ3) is 2.71. The summed E-state index contributed by atoms with van der Waals surface area (Å²) < 4.78 is 5.93. The van der Waals surface area contributed by atoms with E-state index in [4.69, 9.17) is 10.5 Å². The first-order valence-electron chi connectivity index (χ1n) is 6.17. The zero-order valence-electron chi connectivity index (χ0n) is 11.1. The predicted octanol–water partition coefficient (Wildman–Crippen LogP) is 4.12. The van der Waals surface area contributed by atoms with Crippen molar-refractivity contribution in [1.82, 2.24) is 0 Å². The Morgan fingerprint density at radius 1 is 1.00 bits per heavy atom. The van der Waals surface area contributed by atoms with Crippen molar-refractivity contribution in [3.05, 3.63) is 59.2 Å². The summed E-state index contributed by atoms with van der Waals surface area (Å²) in [6.07, 6.45) is 0. The maximum atomic E-state index is 5.94. The molecule has 0 saturated heterocycles. The van der Waals surface area contributed by atoms with Gasteiger partial charge in [-0.25, -0.2) is 0 Å². The first kappa shape index (κ1) is 12.7. The van der Waals surface area contributed by atoms with Crippen molar-refractivity contribution in [1.29, 1.82) is 0 Å². The van der Waals surface area contributed by atoms with E-state index in [0.29, 0.717) is 0 Å². The Bertz CT molecular complexity index is 547. The van der Waals surface area contributed by atoms with Gasteiger partial charge in [-0.2, -0.15) is 0 Å². The topological polar surface area (TPSA) is 35.2 Å². The Morgan fingerprint density at radius 2 is 1.72 bits per heavy atom. The number of ether oxygens (including phenoxy) is 1. The quantitative estimate of drug-likeness (QED) is 0.877. The van der Waals surface area contributed by atoms with Gasteiger partial charge in [0.25, 0.3) is 0 Å². The fourth-order valence-corrected chi connectivity index (χ4v) is 1.85. The lowest BCUT2D eigenvalue weighted by atomic mass is 10.1. The van der Waals surface area contributed by atoms with Gasteiger partial charge in [0.15, 0.2) is 0 Å². The molecule has 0 heterocycles. The second-order valence-corrected chi connectivity index (χ2v) is 4.67. The van der Waals surface area contributed by atoms with Gasteiger partial charge in [0, 0.05) is 11.6 Å². The highest BCUT2D eigenvalue weighted by molar-refractivity contribution is 5.41. The fourth-order valence-electron chi connectivity index (χ4n) is 1.85. The number of hydrogen-bond donors (Lipinski definition) is 1. The van der Waals surface area contributed by atoms with E-state index in [1.54, 1.807) is 0 Å². The third-order valence-corrected chi connectivity index (χ3v) is 3.12. The summed E-state index contributed by atoms with van der Waals surface area (Å²) in [6, 6.07) is 14.0. The molecule has 0 spiro atoms. The molecule has 2 aromatic carbocycles. The standard InChI is InChI=1S/C16H19NO/c1-11-8-9-14(10-12(11)2)18-16-7-5-4-6-15(16)13(3)17/h4-10,13H,17H2,1-3H3/t13-/m0/s1. The Morgan fingerprint density at radius 3 is 2.39 bits per heavy atom. The van der Waals surface area contributed by atoms with E-state index in [-0.39, 0.29) is 6.04 Å². The first-order chi connectivity index (χ1) is 8.58. The van der Waals surface area contributed by atoms with E-state index in [1.165, 1.54) is 11.1 Å². The van der Waals surface area contributed by atoms with Crippen LogP contribution in [0.15, 0.2) is 42.5 Å². The molecule has 0 bridgehead atoms. The Kier molecular flexibility index (Phi) is 3.68. The number of hydrogen-bond acceptors (Lipinski definition) is 2. The molecule has 0 amide bonds. The molecule has 2 rings (SSSR count). The highest BCUT2D eigenvalue weighted by Crippen LogP contribution is 2.29. The second-order valence-electron chi connectivity index (χ2n) is 4.67. The van der Waals surface area contributed by atoms with Gasteiger partial charge in [-0.05, 0) is 50.1 Å². The summed E-state index contributed by atoms with van der Waals surface area (Å²) >= 11 is 0. The maximum absolute atomic E-state index is 5.94. The maximum Gasteiger partial charge on any atom is 0.132 e. The Balaban J connectivity index is 2.31. The summed E-state index contributed by atoms with van der Waals surface area (Å²) in [6.45, 7) is 6.14. The SMILES string of the molecule is Cc1ccc(Oc2ccccc2[C@H](C)N)cc1C. The number of aryl methyl sites for hydroxylation is 2. The average Bonchev–Trinajstić information content (AvgIpc) is 2.34. The zero-order valence-corrected chi connectivity index (χ0v) is 11.1. The van der Waals surface area contributed by atoms with E-state index >= 15 is 0 Å². The molecular weight excluding hydrogens is 222 g/mol. The predicted molar refractivity (Wildman–Crippen MR) is 75.0 cm³/mol. The normalized spacial score (nSPS) is 12.2. The smallest absolute Gasteiger partial charge is 0.132 e. The molecule has 0 aliphatic heterocycles. The molecular formula is C16H19NO. The van der Waals surface area contributed by atoms with Crippen LogP contribution >= 0.6 is 0 Å². The zero-order chi connectivity index (χ0) is 13.1. The molecule has 2 nitrogen and oxygen atoms in total. The van der Waals surface area contributed by atoms with Crippen molar-refractivity contribution in [2.45, 2.75) is 26.8 Å². The largest absolute Gasteiger partial charge is 0.457 e. The van der Waals surface area contributed by atoms with Gasteiger partial charge >= 0.3 is 0 Å². The van der Waals surface area contributed by atoms with Crippen LogP contribution in [0.3, 0.4) is 0 Å². The van der Waals surface area contributed by atoms with Crippen molar-refractivity contribution >= 4 is 0 Å². The van der Waals surface area contributed by atoms with Crippen LogP contribution in [0.25, 0.3) is 0 Å². The van der Waals surface area contributed by atoms with E-state index < -0.39 is 0 Å². The highest BCUT2D eigenvalue weighted by Gasteiger charge is 2.08. The fraction of sp³-hybridized carbons (Fsp3) is 0.250. The van der Waals surface area contributed by atoms with Gasteiger partial charge in [-0.1, -0.05) is 24.3 Å². The molecule has 2 heteroatoms. The van der Waals surface area contributed by atoms with Crippen LogP contribution in [-0.2, 0) is 0 Å². The molecule has 18 heavy (non-hydrogen) atoms. The van der Waals surface area contributed by atoms with Gasteiger partial charge in [0.2, 0.25) is 0 Å². The van der Waals surface area contributed by atoms with Crippen molar-refractivity contribution in [2.24, 2.45) is 5.73 Å². The molecule has 0 aromatic heterocycles. The van der Waals surface area contributed by atoms with Gasteiger partial charge in [-0.15, -0.1) is 0 Å². The van der Waals surface area contributed by atoms with Gasteiger partial charge in [0.1, 0.15) is 11.5 Å². The minimum absolute atomic E-state index is 0.0345. The lowest BCUT2D eigenvalue weighted by Crippen LogP contribution is -2.06. The van der Waals surface area contributed by atoms with Crippen molar-refractivity contribution in [3.8, 4) is 11.5 Å². The summed E-state index contributed by atoms with van der Waals surface area (Å²) in [5, 5.41) is 0. The van der Waals surface area contributed by atoms with Crippen molar-refractivity contribution in [3.63, 3.8) is 0 Å². The third-order valence-electron chi connectivity index (χ3n) is 3.12. The van der Waals surface area contributed by atoms with Crippen LogP contribution in [0.5, 0.6) is 11.5 Å². The summed E-state index contributed by atoms with van der Waals surface area (Å²) in [7, 11) is 0. The lowest BCUT2D eigenvalue weighted by Gasteiger charge is -2.14. The molecule has 0 unspecified atom stereocenters. The summed E-state index contributed by atoms with van der Waals surface area (Å²) in [5.41, 5.74) is 9.46.